The molecule has 2 N–H and O–H groups in total. The maximum atomic E-state index is 12.4. The highest BCUT2D eigenvalue weighted by atomic mass is 16.5. The predicted molar refractivity (Wildman–Crippen MR) is 135 cm³/mol. The zero-order chi connectivity index (χ0) is 29.5. The van der Waals surface area contributed by atoms with Crippen molar-refractivity contribution in [2.24, 2.45) is 0 Å². The van der Waals surface area contributed by atoms with Gasteiger partial charge in [-0.05, 0) is 41.5 Å². The normalized spacial score (nSPS) is 11.4. The summed E-state index contributed by atoms with van der Waals surface area (Å²) in [7, 11) is 0. The van der Waals surface area contributed by atoms with E-state index in [1.165, 1.54) is 41.5 Å². The summed E-state index contributed by atoms with van der Waals surface area (Å²) < 4.78 is 10.5. The minimum atomic E-state index is -1.33. The van der Waals surface area contributed by atoms with E-state index in [0.29, 0.717) is 0 Å². The molecule has 0 bridgehead atoms. The third kappa shape index (κ3) is 15.9. The van der Waals surface area contributed by atoms with Crippen molar-refractivity contribution in [3.8, 4) is 0 Å². The van der Waals surface area contributed by atoms with Crippen LogP contribution in [0.15, 0.2) is 0 Å². The van der Waals surface area contributed by atoms with Crippen LogP contribution in [0.5, 0.6) is 0 Å². The Labute approximate surface area is 222 Å². The van der Waals surface area contributed by atoms with Crippen molar-refractivity contribution in [1.82, 2.24) is 10.6 Å². The lowest BCUT2D eigenvalue weighted by molar-refractivity contribution is -0.135. The molecule has 0 fully saturated rings. The maximum Gasteiger partial charge on any atom is 0.246 e. The molecule has 0 heterocycles. The predicted octanol–water partition coefficient (Wildman–Crippen LogP) is 0.604. The molecule has 0 saturated carbocycles. The number of hydrogen-bond acceptors (Lipinski definition) is 10. The van der Waals surface area contributed by atoms with Gasteiger partial charge in [-0.3, -0.25) is 38.4 Å². The van der Waals surface area contributed by atoms with Gasteiger partial charge in [-0.15, -0.1) is 0 Å². The summed E-state index contributed by atoms with van der Waals surface area (Å²) in [5.74, 6) is -3.01. The summed E-state index contributed by atoms with van der Waals surface area (Å²) in [5.41, 5.74) is -2.66. The van der Waals surface area contributed by atoms with E-state index in [0.717, 1.165) is 0 Å². The Hall–Kier alpha value is -3.12. The van der Waals surface area contributed by atoms with Gasteiger partial charge in [-0.1, -0.05) is 0 Å². The number of carbonyl (C=O) groups is 8. The Balaban J connectivity index is 4.86. The van der Waals surface area contributed by atoms with Crippen molar-refractivity contribution in [2.45, 2.75) is 91.1 Å². The number of ether oxygens (including phenoxy) is 2. The van der Waals surface area contributed by atoms with Crippen molar-refractivity contribution < 1.29 is 47.8 Å². The van der Waals surface area contributed by atoms with Gasteiger partial charge in [0.1, 0.15) is 47.9 Å². The molecule has 12 heteroatoms. The Bertz CT molecular complexity index is 769. The topological polar surface area (TPSA) is 179 Å². The highest BCUT2D eigenvalue weighted by molar-refractivity contribution is 5.89. The zero-order valence-electron chi connectivity index (χ0n) is 23.2. The fourth-order valence-electron chi connectivity index (χ4n) is 4.61. The standard InChI is InChI=1S/C26H40N2O10/c1-17(29)9-25(10-18(2)30,11-19(3)31)27-23(35)15-37-7-8-38-16-24(36)28-26(12-20(4)32,13-21(5)33)14-22(6)34/h7-16H2,1-6H3,(H,27,35)(H,28,36). The second-order valence-electron chi connectivity index (χ2n) is 10.0. The van der Waals surface area contributed by atoms with E-state index in [2.05, 4.69) is 10.6 Å². The first-order chi connectivity index (χ1) is 17.5. The lowest BCUT2D eigenvalue weighted by atomic mass is 9.83. The van der Waals surface area contributed by atoms with Gasteiger partial charge < -0.3 is 20.1 Å². The van der Waals surface area contributed by atoms with Crippen LogP contribution < -0.4 is 10.6 Å². The molecular weight excluding hydrogens is 500 g/mol. The average molecular weight is 541 g/mol. The van der Waals surface area contributed by atoms with Crippen molar-refractivity contribution >= 4 is 46.5 Å². The van der Waals surface area contributed by atoms with E-state index < -0.39 is 36.1 Å². The third-order valence-corrected chi connectivity index (χ3v) is 5.17. The minimum Gasteiger partial charge on any atom is -0.369 e. The SMILES string of the molecule is CC(=O)CC(CC(C)=O)(CC(C)=O)NC(=O)COCCOCC(=O)NC(CC(C)=O)(CC(C)=O)CC(C)=O. The molecule has 0 spiro atoms. The van der Waals surface area contributed by atoms with E-state index in [1.54, 1.807) is 0 Å². The van der Waals surface area contributed by atoms with Crippen molar-refractivity contribution in [3.05, 3.63) is 0 Å². The summed E-state index contributed by atoms with van der Waals surface area (Å²) in [4.78, 5) is 95.2. The lowest BCUT2D eigenvalue weighted by Crippen LogP contribution is -2.53. The Morgan fingerprint density at radius 3 is 0.842 bits per heavy atom. The molecule has 0 atom stereocenters. The molecule has 0 aliphatic heterocycles. The number of rotatable bonds is 21. The van der Waals surface area contributed by atoms with Crippen LogP contribution in [-0.4, -0.2) is 84.0 Å². The first-order valence-electron chi connectivity index (χ1n) is 12.2. The fourth-order valence-corrected chi connectivity index (χ4v) is 4.61. The molecule has 0 aromatic rings. The molecule has 0 radical (unpaired) electrons. The highest BCUT2D eigenvalue weighted by Gasteiger charge is 2.37. The monoisotopic (exact) mass is 540 g/mol. The summed E-state index contributed by atoms with van der Waals surface area (Å²) >= 11 is 0. The highest BCUT2D eigenvalue weighted by Crippen LogP contribution is 2.23. The molecule has 214 valence electrons. The van der Waals surface area contributed by atoms with Gasteiger partial charge in [-0.2, -0.15) is 0 Å². The van der Waals surface area contributed by atoms with E-state index >= 15 is 0 Å². The largest absolute Gasteiger partial charge is 0.369 e. The van der Waals surface area contributed by atoms with Crippen LogP contribution in [0.4, 0.5) is 0 Å². The van der Waals surface area contributed by atoms with Crippen molar-refractivity contribution in [1.29, 1.82) is 0 Å². The van der Waals surface area contributed by atoms with Crippen molar-refractivity contribution in [3.63, 3.8) is 0 Å². The van der Waals surface area contributed by atoms with Crippen LogP contribution in [-0.2, 0) is 47.8 Å². The smallest absolute Gasteiger partial charge is 0.246 e. The van der Waals surface area contributed by atoms with Crippen LogP contribution in [0.3, 0.4) is 0 Å². The van der Waals surface area contributed by atoms with E-state index in [-0.39, 0.29) is 86.4 Å². The van der Waals surface area contributed by atoms with E-state index in [9.17, 15) is 38.4 Å². The second kappa shape index (κ2) is 16.7. The number of carbonyl (C=O) groups excluding carboxylic acids is 8. The number of Topliss-reactive ketones (excluding diaryl/α,β-unsaturated/α-hetero) is 6. The van der Waals surface area contributed by atoms with Crippen LogP contribution >= 0.6 is 0 Å². The van der Waals surface area contributed by atoms with Gasteiger partial charge in [0.25, 0.3) is 0 Å². The average Bonchev–Trinajstić information content (AvgIpc) is 2.66. The van der Waals surface area contributed by atoms with Crippen LogP contribution in [0.2, 0.25) is 0 Å². The number of amides is 2. The zero-order valence-corrected chi connectivity index (χ0v) is 23.2. The summed E-state index contributed by atoms with van der Waals surface area (Å²) in [6.07, 6.45) is -1.12. The molecule has 0 aromatic heterocycles. The molecule has 0 aliphatic rings. The first kappa shape index (κ1) is 34.9. The number of ketones is 6. The third-order valence-electron chi connectivity index (χ3n) is 5.17. The molecule has 0 saturated heterocycles. The van der Waals surface area contributed by atoms with E-state index in [4.69, 9.17) is 9.47 Å². The fraction of sp³-hybridized carbons (Fsp3) is 0.692. The van der Waals surface area contributed by atoms with Crippen LogP contribution in [0.1, 0.15) is 80.1 Å². The Morgan fingerprint density at radius 2 is 0.658 bits per heavy atom. The molecule has 12 nitrogen and oxygen atoms in total. The number of hydrogen-bond donors (Lipinski definition) is 2. The van der Waals surface area contributed by atoms with E-state index in [1.807, 2.05) is 0 Å². The summed E-state index contributed by atoms with van der Waals surface area (Å²) in [6.45, 7) is 6.76. The summed E-state index contributed by atoms with van der Waals surface area (Å²) in [5, 5.41) is 5.18. The van der Waals surface area contributed by atoms with Gasteiger partial charge in [-0.25, -0.2) is 0 Å². The first-order valence-corrected chi connectivity index (χ1v) is 12.2. The molecule has 38 heavy (non-hydrogen) atoms. The van der Waals surface area contributed by atoms with Crippen LogP contribution in [0.25, 0.3) is 0 Å². The summed E-state index contributed by atoms with van der Waals surface area (Å²) in [6, 6.07) is 0. The lowest BCUT2D eigenvalue weighted by Gasteiger charge is -2.32. The van der Waals surface area contributed by atoms with Gasteiger partial charge in [0.05, 0.1) is 24.3 Å². The Morgan fingerprint density at radius 1 is 0.447 bits per heavy atom. The molecule has 2 amide bonds. The second-order valence-corrected chi connectivity index (χ2v) is 10.0. The molecule has 0 rings (SSSR count). The van der Waals surface area contributed by atoms with Gasteiger partial charge >= 0.3 is 0 Å². The van der Waals surface area contributed by atoms with Gasteiger partial charge in [0.2, 0.25) is 11.8 Å². The van der Waals surface area contributed by atoms with Gasteiger partial charge in [0.15, 0.2) is 0 Å². The van der Waals surface area contributed by atoms with Crippen molar-refractivity contribution in [2.75, 3.05) is 26.4 Å². The molecular formula is C26H40N2O10. The molecule has 0 unspecified atom stereocenters. The van der Waals surface area contributed by atoms with Crippen LogP contribution in [0, 0.1) is 0 Å². The molecule has 0 aromatic carbocycles. The number of nitrogens with one attached hydrogen (secondary N) is 2. The molecule has 0 aliphatic carbocycles. The quantitative estimate of drug-likeness (QED) is 0.196. The minimum absolute atomic E-state index is 0.0840. The van der Waals surface area contributed by atoms with Gasteiger partial charge in [0, 0.05) is 38.5 Å². The Kier molecular flexibility index (Phi) is 15.3. The maximum absolute atomic E-state index is 12.4.